The average Bonchev–Trinajstić information content (AvgIpc) is 2.06. The predicted octanol–water partition coefficient (Wildman–Crippen LogP) is 2.18. The molecule has 0 radical (unpaired) electrons. The summed E-state index contributed by atoms with van der Waals surface area (Å²) in [6.07, 6.45) is 0.897. The number of ether oxygens (including phenoxy) is 2. The molecule has 0 heterocycles. The summed E-state index contributed by atoms with van der Waals surface area (Å²) in [7, 11) is 0. The maximum atomic E-state index is 12.8. The lowest BCUT2D eigenvalue weighted by molar-refractivity contribution is 0.0220. The van der Waals surface area contributed by atoms with E-state index in [-0.39, 0.29) is 13.2 Å². The van der Waals surface area contributed by atoms with Gasteiger partial charge in [-0.25, -0.2) is 4.39 Å². The van der Waals surface area contributed by atoms with Gasteiger partial charge < -0.3 is 9.47 Å². The standard InChI is InChI=1S/C9H19FO2/c1-3-5-11-7-9(10)8-12-6-4-2/h9H,3-8H2,1-2H3. The largest absolute Gasteiger partial charge is 0.378 e. The van der Waals surface area contributed by atoms with Crippen molar-refractivity contribution in [2.45, 2.75) is 32.9 Å². The Bertz CT molecular complexity index is 78.6. The van der Waals surface area contributed by atoms with Crippen molar-refractivity contribution >= 4 is 0 Å². The van der Waals surface area contributed by atoms with Crippen molar-refractivity contribution in [1.82, 2.24) is 0 Å². The SMILES string of the molecule is CCCOCC(F)COCCC. The van der Waals surface area contributed by atoms with Gasteiger partial charge in [-0.1, -0.05) is 13.8 Å². The van der Waals surface area contributed by atoms with Crippen molar-refractivity contribution in [2.24, 2.45) is 0 Å². The topological polar surface area (TPSA) is 18.5 Å². The Balaban J connectivity index is 3.04. The minimum atomic E-state index is -0.969. The normalized spacial score (nSPS) is 11.0. The Hall–Kier alpha value is -0.150. The van der Waals surface area contributed by atoms with E-state index >= 15 is 0 Å². The van der Waals surface area contributed by atoms with Gasteiger partial charge >= 0.3 is 0 Å². The van der Waals surface area contributed by atoms with Crippen LogP contribution < -0.4 is 0 Å². The highest BCUT2D eigenvalue weighted by Gasteiger charge is 2.05. The van der Waals surface area contributed by atoms with E-state index in [1.165, 1.54) is 0 Å². The molecule has 0 aliphatic heterocycles. The van der Waals surface area contributed by atoms with Gasteiger partial charge in [-0.05, 0) is 12.8 Å². The molecule has 0 unspecified atom stereocenters. The second kappa shape index (κ2) is 8.94. The van der Waals surface area contributed by atoms with Crippen LogP contribution in [0.4, 0.5) is 4.39 Å². The number of hydrogen-bond acceptors (Lipinski definition) is 2. The smallest absolute Gasteiger partial charge is 0.146 e. The third-order valence-corrected chi connectivity index (χ3v) is 1.29. The van der Waals surface area contributed by atoms with Crippen LogP contribution in [-0.2, 0) is 9.47 Å². The highest BCUT2D eigenvalue weighted by molar-refractivity contribution is 4.51. The molecule has 0 N–H and O–H groups in total. The van der Waals surface area contributed by atoms with E-state index in [1.54, 1.807) is 0 Å². The fourth-order valence-electron chi connectivity index (χ4n) is 0.759. The fourth-order valence-corrected chi connectivity index (χ4v) is 0.759. The zero-order valence-corrected chi connectivity index (χ0v) is 8.01. The van der Waals surface area contributed by atoms with E-state index in [9.17, 15) is 4.39 Å². The highest BCUT2D eigenvalue weighted by Crippen LogP contribution is 1.95. The van der Waals surface area contributed by atoms with Gasteiger partial charge in [0.15, 0.2) is 0 Å². The van der Waals surface area contributed by atoms with Gasteiger partial charge in [0.05, 0.1) is 13.2 Å². The number of alkyl halides is 1. The van der Waals surface area contributed by atoms with Crippen LogP contribution >= 0.6 is 0 Å². The third-order valence-electron chi connectivity index (χ3n) is 1.29. The summed E-state index contributed by atoms with van der Waals surface area (Å²) >= 11 is 0. The molecule has 0 aliphatic rings. The van der Waals surface area contributed by atoms with E-state index in [2.05, 4.69) is 0 Å². The van der Waals surface area contributed by atoms with Gasteiger partial charge in [-0.15, -0.1) is 0 Å². The monoisotopic (exact) mass is 178 g/mol. The Morgan fingerprint density at radius 3 is 1.75 bits per heavy atom. The van der Waals surface area contributed by atoms with Crippen molar-refractivity contribution in [2.75, 3.05) is 26.4 Å². The minimum absolute atomic E-state index is 0.164. The molecular weight excluding hydrogens is 159 g/mol. The van der Waals surface area contributed by atoms with Crippen LogP contribution in [-0.4, -0.2) is 32.6 Å². The van der Waals surface area contributed by atoms with Crippen molar-refractivity contribution in [1.29, 1.82) is 0 Å². The summed E-state index contributed by atoms with van der Waals surface area (Å²) in [5.41, 5.74) is 0. The van der Waals surface area contributed by atoms with E-state index < -0.39 is 6.17 Å². The summed E-state index contributed by atoms with van der Waals surface area (Å²) in [6, 6.07) is 0. The molecule has 0 saturated heterocycles. The van der Waals surface area contributed by atoms with Crippen LogP contribution in [0.1, 0.15) is 26.7 Å². The molecule has 0 aromatic carbocycles. The highest BCUT2D eigenvalue weighted by atomic mass is 19.1. The van der Waals surface area contributed by atoms with Crippen molar-refractivity contribution in [3.05, 3.63) is 0 Å². The fraction of sp³-hybridized carbons (Fsp3) is 1.00. The molecule has 0 saturated carbocycles. The lowest BCUT2D eigenvalue weighted by Gasteiger charge is -2.08. The molecule has 0 aromatic heterocycles. The maximum Gasteiger partial charge on any atom is 0.146 e. The average molecular weight is 178 g/mol. The number of halogens is 1. The molecule has 0 aliphatic carbocycles. The zero-order chi connectivity index (χ0) is 9.23. The Labute approximate surface area is 74.1 Å². The molecule has 0 fully saturated rings. The number of hydrogen-bond donors (Lipinski definition) is 0. The van der Waals surface area contributed by atoms with Gasteiger partial charge in [-0.2, -0.15) is 0 Å². The summed E-state index contributed by atoms with van der Waals surface area (Å²) in [6.45, 7) is 5.60. The van der Waals surface area contributed by atoms with Gasteiger partial charge in [0.1, 0.15) is 6.17 Å². The van der Waals surface area contributed by atoms with Gasteiger partial charge in [0.2, 0.25) is 0 Å². The van der Waals surface area contributed by atoms with Crippen molar-refractivity contribution in [3.8, 4) is 0 Å². The molecule has 0 bridgehead atoms. The molecule has 12 heavy (non-hydrogen) atoms. The van der Waals surface area contributed by atoms with Crippen LogP contribution in [0, 0.1) is 0 Å². The maximum absolute atomic E-state index is 12.8. The van der Waals surface area contributed by atoms with Gasteiger partial charge in [0, 0.05) is 13.2 Å². The van der Waals surface area contributed by atoms with E-state index in [1.807, 2.05) is 13.8 Å². The van der Waals surface area contributed by atoms with Crippen LogP contribution in [0.3, 0.4) is 0 Å². The summed E-state index contributed by atoms with van der Waals surface area (Å²) in [4.78, 5) is 0. The second-order valence-corrected chi connectivity index (χ2v) is 2.75. The van der Waals surface area contributed by atoms with E-state index in [0.29, 0.717) is 13.2 Å². The van der Waals surface area contributed by atoms with Crippen molar-refractivity contribution in [3.63, 3.8) is 0 Å². The Kier molecular flexibility index (Phi) is 8.83. The molecule has 3 heteroatoms. The first-order valence-corrected chi connectivity index (χ1v) is 4.60. The summed E-state index contributed by atoms with van der Waals surface area (Å²) < 4.78 is 22.8. The quantitative estimate of drug-likeness (QED) is 0.530. The van der Waals surface area contributed by atoms with E-state index in [4.69, 9.17) is 9.47 Å². The lowest BCUT2D eigenvalue weighted by Crippen LogP contribution is -2.17. The van der Waals surface area contributed by atoms with Crippen LogP contribution in [0.2, 0.25) is 0 Å². The van der Waals surface area contributed by atoms with Crippen LogP contribution in [0.5, 0.6) is 0 Å². The van der Waals surface area contributed by atoms with Crippen molar-refractivity contribution < 1.29 is 13.9 Å². The van der Waals surface area contributed by atoms with Gasteiger partial charge in [0.25, 0.3) is 0 Å². The van der Waals surface area contributed by atoms with E-state index in [0.717, 1.165) is 12.8 Å². The second-order valence-electron chi connectivity index (χ2n) is 2.75. The number of rotatable bonds is 8. The Morgan fingerprint density at radius 1 is 1.00 bits per heavy atom. The molecule has 0 rings (SSSR count). The van der Waals surface area contributed by atoms with Crippen LogP contribution in [0.25, 0.3) is 0 Å². The molecule has 2 nitrogen and oxygen atoms in total. The molecule has 0 atom stereocenters. The summed E-state index contributed by atoms with van der Waals surface area (Å²) in [5.74, 6) is 0. The van der Waals surface area contributed by atoms with Crippen LogP contribution in [0.15, 0.2) is 0 Å². The first kappa shape index (κ1) is 11.8. The lowest BCUT2D eigenvalue weighted by atomic mass is 10.4. The molecule has 0 aromatic rings. The Morgan fingerprint density at radius 2 is 1.42 bits per heavy atom. The predicted molar refractivity (Wildman–Crippen MR) is 47.1 cm³/mol. The third kappa shape index (κ3) is 7.95. The first-order chi connectivity index (χ1) is 5.81. The zero-order valence-electron chi connectivity index (χ0n) is 8.01. The first-order valence-electron chi connectivity index (χ1n) is 4.60. The van der Waals surface area contributed by atoms with Gasteiger partial charge in [-0.3, -0.25) is 0 Å². The molecule has 0 spiro atoms. The molecular formula is C9H19FO2. The minimum Gasteiger partial charge on any atom is -0.378 e. The summed E-state index contributed by atoms with van der Waals surface area (Å²) in [5, 5.41) is 0. The molecule has 0 amide bonds. The molecule has 74 valence electrons.